The van der Waals surface area contributed by atoms with E-state index in [1.54, 1.807) is 0 Å². The summed E-state index contributed by atoms with van der Waals surface area (Å²) in [6.45, 7) is 2.11. The summed E-state index contributed by atoms with van der Waals surface area (Å²) in [5.74, 6) is 0. The van der Waals surface area contributed by atoms with Gasteiger partial charge in [-0.25, -0.2) is 0 Å². The Kier molecular flexibility index (Phi) is 3.06. The van der Waals surface area contributed by atoms with Crippen LogP contribution in [0.4, 0.5) is 0 Å². The van der Waals surface area contributed by atoms with Crippen LogP contribution in [0.15, 0.2) is 54.6 Å². The van der Waals surface area contributed by atoms with E-state index >= 15 is 0 Å². The summed E-state index contributed by atoms with van der Waals surface area (Å²) in [5, 5.41) is 2.72. The standard InChI is InChI=1S/C17H16B/c1-18-16-12-6-10-14-9-5-11-15(17(14)16)13-7-3-2-4-8-13/h2-3,5-7,9-12H,4,8H2,1H3. The van der Waals surface area contributed by atoms with E-state index in [4.69, 9.17) is 0 Å². The lowest BCUT2D eigenvalue weighted by Crippen LogP contribution is -2.13. The Morgan fingerprint density at radius 2 is 1.89 bits per heavy atom. The molecule has 87 valence electrons. The summed E-state index contributed by atoms with van der Waals surface area (Å²) in [6, 6.07) is 13.1. The summed E-state index contributed by atoms with van der Waals surface area (Å²) in [4.78, 5) is 0. The van der Waals surface area contributed by atoms with Crippen molar-refractivity contribution in [3.63, 3.8) is 0 Å². The van der Waals surface area contributed by atoms with Crippen LogP contribution in [0.2, 0.25) is 6.82 Å². The number of fused-ring (bicyclic) bond motifs is 1. The molecule has 1 aliphatic rings. The number of hydrogen-bond acceptors (Lipinski definition) is 0. The lowest BCUT2D eigenvalue weighted by molar-refractivity contribution is 1.06. The molecule has 0 fully saturated rings. The Bertz CT molecular complexity index is 630. The predicted octanol–water partition coefficient (Wildman–Crippen LogP) is 3.95. The largest absolute Gasteiger partial charge is 0.149 e. The third kappa shape index (κ3) is 1.90. The Balaban J connectivity index is 2.28. The minimum absolute atomic E-state index is 1.15. The maximum Gasteiger partial charge on any atom is 0.149 e. The molecular formula is C17H16B. The lowest BCUT2D eigenvalue weighted by Gasteiger charge is -2.15. The van der Waals surface area contributed by atoms with Gasteiger partial charge in [0.1, 0.15) is 7.28 Å². The van der Waals surface area contributed by atoms with Crippen LogP contribution in [0.3, 0.4) is 0 Å². The van der Waals surface area contributed by atoms with Crippen molar-refractivity contribution in [3.8, 4) is 0 Å². The van der Waals surface area contributed by atoms with Gasteiger partial charge in [0.05, 0.1) is 0 Å². The Hall–Kier alpha value is -1.76. The van der Waals surface area contributed by atoms with Gasteiger partial charge in [0.2, 0.25) is 0 Å². The highest BCUT2D eigenvalue weighted by atomic mass is 14.1. The average molecular weight is 231 g/mol. The number of benzene rings is 2. The minimum Gasteiger partial charge on any atom is -0.0872 e. The SMILES string of the molecule is C[B]c1cccc2cccc(C3=CC=CCC3)c12. The number of allylic oxidation sites excluding steroid dienone is 4. The van der Waals surface area contributed by atoms with E-state index in [-0.39, 0.29) is 0 Å². The van der Waals surface area contributed by atoms with E-state index < -0.39 is 0 Å². The molecule has 0 atom stereocenters. The molecule has 0 amide bonds. The van der Waals surface area contributed by atoms with E-state index in [1.807, 2.05) is 0 Å². The zero-order valence-electron chi connectivity index (χ0n) is 10.7. The summed E-state index contributed by atoms with van der Waals surface area (Å²) in [7, 11) is 2.20. The Labute approximate surface area is 109 Å². The summed E-state index contributed by atoms with van der Waals surface area (Å²) >= 11 is 0. The van der Waals surface area contributed by atoms with Crippen LogP contribution in [0.5, 0.6) is 0 Å². The van der Waals surface area contributed by atoms with E-state index in [0.717, 1.165) is 12.8 Å². The summed E-state index contributed by atoms with van der Waals surface area (Å²) < 4.78 is 0. The smallest absolute Gasteiger partial charge is 0.0872 e. The molecule has 1 heteroatoms. The first-order valence-electron chi connectivity index (χ1n) is 6.57. The van der Waals surface area contributed by atoms with Gasteiger partial charge < -0.3 is 0 Å². The molecule has 0 N–H and O–H groups in total. The zero-order chi connectivity index (χ0) is 12.4. The molecule has 0 aromatic heterocycles. The van der Waals surface area contributed by atoms with Crippen molar-refractivity contribution in [1.82, 2.24) is 0 Å². The maximum absolute atomic E-state index is 2.25. The highest BCUT2D eigenvalue weighted by Gasteiger charge is 2.09. The zero-order valence-corrected chi connectivity index (χ0v) is 10.7. The third-order valence-corrected chi connectivity index (χ3v) is 3.61. The van der Waals surface area contributed by atoms with E-state index in [9.17, 15) is 0 Å². The van der Waals surface area contributed by atoms with Gasteiger partial charge in [-0.15, -0.1) is 0 Å². The lowest BCUT2D eigenvalue weighted by atomic mass is 9.70. The second-order valence-electron chi connectivity index (χ2n) is 4.70. The highest BCUT2D eigenvalue weighted by molar-refractivity contribution is 6.56. The Morgan fingerprint density at radius 1 is 1.06 bits per heavy atom. The predicted molar refractivity (Wildman–Crippen MR) is 81.6 cm³/mol. The molecule has 18 heavy (non-hydrogen) atoms. The quantitative estimate of drug-likeness (QED) is 0.686. The van der Waals surface area contributed by atoms with Crippen LogP contribution in [-0.2, 0) is 0 Å². The maximum atomic E-state index is 2.25. The molecule has 0 saturated heterocycles. The van der Waals surface area contributed by atoms with Crippen LogP contribution in [-0.4, -0.2) is 7.28 Å². The van der Waals surface area contributed by atoms with Crippen LogP contribution in [0.25, 0.3) is 16.3 Å². The normalized spacial score (nSPS) is 14.6. The first-order valence-corrected chi connectivity index (χ1v) is 6.57. The van der Waals surface area contributed by atoms with Crippen molar-refractivity contribution in [2.45, 2.75) is 19.7 Å². The number of hydrogen-bond donors (Lipinski definition) is 0. The van der Waals surface area contributed by atoms with Gasteiger partial charge in [-0.1, -0.05) is 66.9 Å². The molecule has 3 rings (SSSR count). The molecule has 2 aromatic rings. The van der Waals surface area contributed by atoms with Crippen molar-refractivity contribution in [3.05, 3.63) is 60.2 Å². The summed E-state index contributed by atoms with van der Waals surface area (Å²) in [6.07, 6.45) is 8.97. The molecular weight excluding hydrogens is 215 g/mol. The molecule has 0 bridgehead atoms. The van der Waals surface area contributed by atoms with Gasteiger partial charge in [-0.3, -0.25) is 0 Å². The Morgan fingerprint density at radius 3 is 2.61 bits per heavy atom. The van der Waals surface area contributed by atoms with E-state index in [2.05, 4.69) is 68.7 Å². The van der Waals surface area contributed by atoms with E-state index in [0.29, 0.717) is 0 Å². The molecule has 0 unspecified atom stereocenters. The van der Waals surface area contributed by atoms with Gasteiger partial charge in [-0.05, 0) is 34.8 Å². The van der Waals surface area contributed by atoms with Crippen LogP contribution >= 0.6 is 0 Å². The van der Waals surface area contributed by atoms with Crippen molar-refractivity contribution < 1.29 is 0 Å². The van der Waals surface area contributed by atoms with Crippen molar-refractivity contribution in [2.75, 3.05) is 0 Å². The van der Waals surface area contributed by atoms with Gasteiger partial charge >= 0.3 is 0 Å². The topological polar surface area (TPSA) is 0 Å². The fourth-order valence-corrected chi connectivity index (χ4v) is 2.71. The van der Waals surface area contributed by atoms with Crippen LogP contribution in [0.1, 0.15) is 18.4 Å². The van der Waals surface area contributed by atoms with Gasteiger partial charge in [0.15, 0.2) is 0 Å². The molecule has 2 aromatic carbocycles. The van der Waals surface area contributed by atoms with Crippen LogP contribution in [0, 0.1) is 0 Å². The minimum atomic E-state index is 1.15. The molecule has 0 aliphatic heterocycles. The fourth-order valence-electron chi connectivity index (χ4n) is 2.71. The summed E-state index contributed by atoms with van der Waals surface area (Å²) in [5.41, 5.74) is 4.18. The van der Waals surface area contributed by atoms with Gasteiger partial charge in [-0.2, -0.15) is 0 Å². The van der Waals surface area contributed by atoms with Gasteiger partial charge in [0.25, 0.3) is 0 Å². The second kappa shape index (κ2) is 4.85. The van der Waals surface area contributed by atoms with E-state index in [1.165, 1.54) is 27.4 Å². The molecule has 1 radical (unpaired) electrons. The first-order chi connectivity index (χ1) is 8.90. The van der Waals surface area contributed by atoms with Crippen LogP contribution < -0.4 is 5.46 Å². The van der Waals surface area contributed by atoms with Crippen molar-refractivity contribution in [2.24, 2.45) is 0 Å². The van der Waals surface area contributed by atoms with Gasteiger partial charge in [0, 0.05) is 0 Å². The molecule has 0 spiro atoms. The fraction of sp³-hybridized carbons (Fsp3) is 0.176. The molecule has 0 nitrogen and oxygen atoms in total. The molecule has 1 aliphatic carbocycles. The average Bonchev–Trinajstić information content (AvgIpc) is 2.47. The molecule has 0 saturated carbocycles. The first kappa shape index (κ1) is 11.3. The van der Waals surface area contributed by atoms with Crippen molar-refractivity contribution in [1.29, 1.82) is 0 Å². The highest BCUT2D eigenvalue weighted by Crippen LogP contribution is 2.28. The second-order valence-corrected chi connectivity index (χ2v) is 4.70. The monoisotopic (exact) mass is 231 g/mol. The van der Waals surface area contributed by atoms with Crippen molar-refractivity contribution >= 4 is 29.1 Å². The third-order valence-electron chi connectivity index (χ3n) is 3.61. The number of rotatable bonds is 2. The molecule has 0 heterocycles.